The first-order chi connectivity index (χ1) is 7.54. The molecule has 0 aromatic carbocycles. The molecule has 0 aliphatic heterocycles. The number of carbonyl (C=O) groups is 1. The molecule has 1 rings (SSSR count). The van der Waals surface area contributed by atoms with E-state index in [1.165, 1.54) is 0 Å². The number of hydrogen-bond donors (Lipinski definition) is 0. The minimum absolute atomic E-state index is 0.168. The van der Waals surface area contributed by atoms with Crippen molar-refractivity contribution in [2.45, 2.75) is 32.8 Å². The van der Waals surface area contributed by atoms with Crippen LogP contribution in [0.15, 0.2) is 12.4 Å². The standard InChI is InChI=1S/C12H20N2O2/c1-9(2)12(16-4)11(15)6-5-10-7-13-14(3)8-10/h7-9,12H,5-6H2,1-4H3. The fourth-order valence-electron chi connectivity index (χ4n) is 1.79. The van der Waals surface area contributed by atoms with Gasteiger partial charge in [0.1, 0.15) is 6.10 Å². The summed E-state index contributed by atoms with van der Waals surface area (Å²) < 4.78 is 6.94. The number of hydrogen-bond acceptors (Lipinski definition) is 3. The highest BCUT2D eigenvalue weighted by atomic mass is 16.5. The summed E-state index contributed by atoms with van der Waals surface area (Å²) in [5, 5.41) is 4.07. The molecule has 0 saturated heterocycles. The maximum absolute atomic E-state index is 11.8. The Morgan fingerprint density at radius 2 is 2.25 bits per heavy atom. The van der Waals surface area contributed by atoms with E-state index in [0.717, 1.165) is 12.0 Å². The van der Waals surface area contributed by atoms with Gasteiger partial charge in [-0.1, -0.05) is 13.8 Å². The highest BCUT2D eigenvalue weighted by Crippen LogP contribution is 2.11. The lowest BCUT2D eigenvalue weighted by molar-refractivity contribution is -0.131. The second-order valence-electron chi connectivity index (χ2n) is 4.39. The van der Waals surface area contributed by atoms with Crippen LogP contribution in [0.2, 0.25) is 0 Å². The van der Waals surface area contributed by atoms with Gasteiger partial charge in [0.2, 0.25) is 0 Å². The summed E-state index contributed by atoms with van der Waals surface area (Å²) in [4.78, 5) is 11.8. The van der Waals surface area contributed by atoms with Crippen molar-refractivity contribution in [2.24, 2.45) is 13.0 Å². The normalized spacial score (nSPS) is 13.1. The van der Waals surface area contributed by atoms with Crippen molar-refractivity contribution >= 4 is 5.78 Å². The van der Waals surface area contributed by atoms with Crippen molar-refractivity contribution in [3.8, 4) is 0 Å². The number of ether oxygens (including phenoxy) is 1. The van der Waals surface area contributed by atoms with Gasteiger partial charge < -0.3 is 4.74 Å². The second-order valence-corrected chi connectivity index (χ2v) is 4.39. The summed E-state index contributed by atoms with van der Waals surface area (Å²) >= 11 is 0. The third-order valence-corrected chi connectivity index (χ3v) is 2.60. The lowest BCUT2D eigenvalue weighted by Crippen LogP contribution is -2.28. The van der Waals surface area contributed by atoms with Gasteiger partial charge in [0, 0.05) is 26.8 Å². The number of aryl methyl sites for hydroxylation is 2. The van der Waals surface area contributed by atoms with E-state index >= 15 is 0 Å². The van der Waals surface area contributed by atoms with Crippen molar-refractivity contribution in [3.63, 3.8) is 0 Å². The van der Waals surface area contributed by atoms with Gasteiger partial charge in [-0.3, -0.25) is 9.48 Å². The SMILES string of the molecule is COC(C(=O)CCc1cnn(C)c1)C(C)C. The molecule has 0 fully saturated rings. The van der Waals surface area contributed by atoms with Crippen molar-refractivity contribution in [3.05, 3.63) is 18.0 Å². The highest BCUT2D eigenvalue weighted by molar-refractivity contribution is 5.83. The Morgan fingerprint density at radius 1 is 1.56 bits per heavy atom. The minimum Gasteiger partial charge on any atom is -0.373 e. The van der Waals surface area contributed by atoms with Crippen molar-refractivity contribution in [1.29, 1.82) is 0 Å². The van der Waals surface area contributed by atoms with Gasteiger partial charge >= 0.3 is 0 Å². The molecule has 0 amide bonds. The zero-order valence-electron chi connectivity index (χ0n) is 10.4. The number of nitrogens with zero attached hydrogens (tertiary/aromatic N) is 2. The summed E-state index contributed by atoms with van der Waals surface area (Å²) in [5.74, 6) is 0.396. The third-order valence-electron chi connectivity index (χ3n) is 2.60. The summed E-state index contributed by atoms with van der Waals surface area (Å²) in [7, 11) is 3.46. The molecular weight excluding hydrogens is 204 g/mol. The van der Waals surface area contributed by atoms with Crippen LogP contribution in [-0.4, -0.2) is 28.8 Å². The molecule has 1 unspecified atom stereocenters. The van der Waals surface area contributed by atoms with Crippen molar-refractivity contribution in [2.75, 3.05) is 7.11 Å². The Labute approximate surface area is 96.6 Å². The van der Waals surface area contributed by atoms with E-state index in [9.17, 15) is 4.79 Å². The maximum atomic E-state index is 11.8. The third kappa shape index (κ3) is 3.45. The minimum atomic E-state index is -0.281. The first-order valence-electron chi connectivity index (χ1n) is 5.57. The highest BCUT2D eigenvalue weighted by Gasteiger charge is 2.20. The zero-order chi connectivity index (χ0) is 12.1. The van der Waals surface area contributed by atoms with Gasteiger partial charge in [0.25, 0.3) is 0 Å². The van der Waals surface area contributed by atoms with Crippen LogP contribution in [0, 0.1) is 5.92 Å². The monoisotopic (exact) mass is 224 g/mol. The van der Waals surface area contributed by atoms with Crippen LogP contribution in [0.4, 0.5) is 0 Å². The first-order valence-corrected chi connectivity index (χ1v) is 5.57. The fraction of sp³-hybridized carbons (Fsp3) is 0.667. The van der Waals surface area contributed by atoms with Gasteiger partial charge in [-0.05, 0) is 17.9 Å². The number of ketones is 1. The lowest BCUT2D eigenvalue weighted by atomic mass is 9.99. The molecule has 0 aliphatic carbocycles. The molecule has 0 bridgehead atoms. The lowest BCUT2D eigenvalue weighted by Gasteiger charge is -2.17. The Kier molecular flexibility index (Phi) is 4.68. The molecule has 0 N–H and O–H groups in total. The molecule has 16 heavy (non-hydrogen) atoms. The molecule has 0 saturated carbocycles. The van der Waals surface area contributed by atoms with Crippen LogP contribution in [0.5, 0.6) is 0 Å². The van der Waals surface area contributed by atoms with E-state index < -0.39 is 0 Å². The zero-order valence-corrected chi connectivity index (χ0v) is 10.4. The van der Waals surface area contributed by atoms with Gasteiger partial charge in [0.05, 0.1) is 6.20 Å². The van der Waals surface area contributed by atoms with Gasteiger partial charge in [-0.2, -0.15) is 5.10 Å². The molecule has 4 heteroatoms. The van der Waals surface area contributed by atoms with Crippen LogP contribution in [-0.2, 0) is 23.0 Å². The van der Waals surface area contributed by atoms with Crippen LogP contribution in [0.1, 0.15) is 25.8 Å². The topological polar surface area (TPSA) is 44.1 Å². The second kappa shape index (κ2) is 5.80. The van der Waals surface area contributed by atoms with Crippen molar-refractivity contribution < 1.29 is 9.53 Å². The quantitative estimate of drug-likeness (QED) is 0.737. The summed E-state index contributed by atoms with van der Waals surface area (Å²) in [5.41, 5.74) is 1.09. The van der Waals surface area contributed by atoms with Crippen LogP contribution in [0.25, 0.3) is 0 Å². The van der Waals surface area contributed by atoms with E-state index in [1.807, 2.05) is 27.1 Å². The number of aromatic nitrogens is 2. The largest absolute Gasteiger partial charge is 0.373 e. The molecule has 0 radical (unpaired) electrons. The van der Waals surface area contributed by atoms with Crippen LogP contribution in [0.3, 0.4) is 0 Å². The van der Waals surface area contributed by atoms with Crippen LogP contribution < -0.4 is 0 Å². The number of carbonyl (C=O) groups excluding carboxylic acids is 1. The molecule has 4 nitrogen and oxygen atoms in total. The fourth-order valence-corrected chi connectivity index (χ4v) is 1.79. The predicted octanol–water partition coefficient (Wildman–Crippen LogP) is 1.59. The number of Topliss-reactive ketones (excluding diaryl/α,β-unsaturated/α-hetero) is 1. The molecule has 1 heterocycles. The van der Waals surface area contributed by atoms with E-state index in [4.69, 9.17) is 4.74 Å². The van der Waals surface area contributed by atoms with E-state index in [0.29, 0.717) is 6.42 Å². The summed E-state index contributed by atoms with van der Waals surface area (Å²) in [6.07, 6.45) is 4.70. The smallest absolute Gasteiger partial charge is 0.162 e. The number of rotatable bonds is 6. The average molecular weight is 224 g/mol. The predicted molar refractivity (Wildman–Crippen MR) is 62.2 cm³/mol. The average Bonchev–Trinajstić information content (AvgIpc) is 2.62. The van der Waals surface area contributed by atoms with Gasteiger partial charge in [-0.15, -0.1) is 0 Å². The Hall–Kier alpha value is -1.16. The molecule has 1 aromatic heterocycles. The number of methoxy groups -OCH3 is 1. The summed E-state index contributed by atoms with van der Waals surface area (Å²) in [6.45, 7) is 3.99. The Morgan fingerprint density at radius 3 is 2.69 bits per heavy atom. The molecule has 0 spiro atoms. The van der Waals surface area contributed by atoms with E-state index in [-0.39, 0.29) is 17.8 Å². The molecule has 0 aliphatic rings. The molecule has 90 valence electrons. The Bertz CT molecular complexity index is 345. The van der Waals surface area contributed by atoms with Gasteiger partial charge in [-0.25, -0.2) is 0 Å². The van der Waals surface area contributed by atoms with E-state index in [1.54, 1.807) is 18.0 Å². The van der Waals surface area contributed by atoms with Crippen molar-refractivity contribution in [1.82, 2.24) is 9.78 Å². The molecular formula is C12H20N2O2. The van der Waals surface area contributed by atoms with Crippen LogP contribution >= 0.6 is 0 Å². The van der Waals surface area contributed by atoms with Gasteiger partial charge in [0.15, 0.2) is 5.78 Å². The maximum Gasteiger partial charge on any atom is 0.162 e. The summed E-state index contributed by atoms with van der Waals surface area (Å²) in [6, 6.07) is 0. The molecule has 1 aromatic rings. The first kappa shape index (κ1) is 12.9. The Balaban J connectivity index is 2.45. The molecule has 1 atom stereocenters. The van der Waals surface area contributed by atoms with E-state index in [2.05, 4.69) is 5.10 Å².